The zero-order valence-electron chi connectivity index (χ0n) is 19.8. The van der Waals surface area contributed by atoms with Crippen LogP contribution in [-0.2, 0) is 12.0 Å². The number of pyridine rings is 1. The Hall–Kier alpha value is -3.74. The highest BCUT2D eigenvalue weighted by Gasteiger charge is 2.24. The average Bonchev–Trinajstić information content (AvgIpc) is 2.87. The quantitative estimate of drug-likeness (QED) is 0.503. The van der Waals surface area contributed by atoms with Crippen molar-refractivity contribution >= 4 is 5.91 Å². The SMILES string of the molecule is CCOc1cc(C(=O)NCC(C)(C)c2ccc3c(c2)OCCO3)ccc1OCc1cccnc1. The second-order valence-electron chi connectivity index (χ2n) is 8.67. The van der Waals surface area contributed by atoms with Crippen LogP contribution < -0.4 is 24.3 Å². The van der Waals surface area contributed by atoms with Gasteiger partial charge in [-0.15, -0.1) is 0 Å². The predicted octanol–water partition coefficient (Wildman–Crippen LogP) is 4.54. The smallest absolute Gasteiger partial charge is 0.251 e. The monoisotopic (exact) mass is 462 g/mol. The maximum atomic E-state index is 12.9. The van der Waals surface area contributed by atoms with Crippen LogP contribution in [0.4, 0.5) is 0 Å². The fraction of sp³-hybridized carbons (Fsp3) is 0.333. The molecule has 1 amide bonds. The molecule has 0 saturated carbocycles. The third-order valence-electron chi connectivity index (χ3n) is 5.64. The van der Waals surface area contributed by atoms with Gasteiger partial charge in [-0.3, -0.25) is 9.78 Å². The number of hydrogen-bond acceptors (Lipinski definition) is 6. The Bertz CT molecular complexity index is 1130. The minimum absolute atomic E-state index is 0.176. The number of nitrogens with zero attached hydrogens (tertiary/aromatic N) is 1. The van der Waals surface area contributed by atoms with Gasteiger partial charge < -0.3 is 24.3 Å². The first-order valence-corrected chi connectivity index (χ1v) is 11.4. The molecule has 3 aromatic rings. The fourth-order valence-electron chi connectivity index (χ4n) is 3.65. The van der Waals surface area contributed by atoms with E-state index in [9.17, 15) is 4.79 Å². The lowest BCUT2D eigenvalue weighted by atomic mass is 9.84. The Morgan fingerprint density at radius 2 is 1.85 bits per heavy atom. The molecule has 1 N–H and O–H groups in total. The molecule has 0 radical (unpaired) electrons. The van der Waals surface area contributed by atoms with Crippen molar-refractivity contribution in [1.82, 2.24) is 10.3 Å². The van der Waals surface area contributed by atoms with Crippen molar-refractivity contribution in [3.05, 3.63) is 77.6 Å². The van der Waals surface area contributed by atoms with Crippen LogP contribution in [0.15, 0.2) is 60.9 Å². The number of amides is 1. The lowest BCUT2D eigenvalue weighted by Gasteiger charge is -2.28. The van der Waals surface area contributed by atoms with Crippen molar-refractivity contribution < 1.29 is 23.7 Å². The van der Waals surface area contributed by atoms with Crippen molar-refractivity contribution in [3.63, 3.8) is 0 Å². The molecular weight excluding hydrogens is 432 g/mol. The molecule has 178 valence electrons. The molecule has 1 aliphatic rings. The van der Waals surface area contributed by atoms with Crippen LogP contribution in [0.3, 0.4) is 0 Å². The number of carbonyl (C=O) groups is 1. The summed E-state index contributed by atoms with van der Waals surface area (Å²) in [5, 5.41) is 3.05. The molecule has 0 spiro atoms. The highest BCUT2D eigenvalue weighted by Crippen LogP contribution is 2.35. The van der Waals surface area contributed by atoms with Gasteiger partial charge in [0.05, 0.1) is 6.61 Å². The van der Waals surface area contributed by atoms with E-state index in [4.69, 9.17) is 18.9 Å². The summed E-state index contributed by atoms with van der Waals surface area (Å²) in [7, 11) is 0. The zero-order chi connectivity index (χ0) is 24.0. The first kappa shape index (κ1) is 23.4. The Kier molecular flexibility index (Phi) is 7.21. The molecule has 0 saturated heterocycles. The van der Waals surface area contributed by atoms with E-state index in [1.165, 1.54) is 0 Å². The molecule has 0 unspecified atom stereocenters. The Morgan fingerprint density at radius 3 is 2.62 bits per heavy atom. The minimum Gasteiger partial charge on any atom is -0.490 e. The van der Waals surface area contributed by atoms with Crippen LogP contribution in [0, 0.1) is 0 Å². The number of fused-ring (bicyclic) bond motifs is 1. The maximum Gasteiger partial charge on any atom is 0.251 e. The van der Waals surface area contributed by atoms with E-state index in [2.05, 4.69) is 24.1 Å². The van der Waals surface area contributed by atoms with Crippen molar-refractivity contribution in [3.8, 4) is 23.0 Å². The number of ether oxygens (including phenoxy) is 4. The van der Waals surface area contributed by atoms with Crippen molar-refractivity contribution in [1.29, 1.82) is 0 Å². The van der Waals surface area contributed by atoms with Crippen LogP contribution in [0.25, 0.3) is 0 Å². The van der Waals surface area contributed by atoms with Crippen molar-refractivity contribution in [2.45, 2.75) is 32.8 Å². The van der Waals surface area contributed by atoms with Crippen molar-refractivity contribution in [2.75, 3.05) is 26.4 Å². The summed E-state index contributed by atoms with van der Waals surface area (Å²) in [6.07, 6.45) is 3.48. The molecule has 4 rings (SSSR count). The van der Waals surface area contributed by atoms with Gasteiger partial charge in [0.25, 0.3) is 5.91 Å². The fourth-order valence-corrected chi connectivity index (χ4v) is 3.65. The van der Waals surface area contributed by atoms with Gasteiger partial charge in [-0.2, -0.15) is 0 Å². The van der Waals surface area contributed by atoms with Crippen LogP contribution in [0.5, 0.6) is 23.0 Å². The molecule has 0 aliphatic carbocycles. The van der Waals surface area contributed by atoms with E-state index in [0.717, 1.165) is 22.6 Å². The second kappa shape index (κ2) is 10.5. The second-order valence-corrected chi connectivity index (χ2v) is 8.67. The summed E-state index contributed by atoms with van der Waals surface area (Å²) in [5.41, 5.74) is 2.22. The third kappa shape index (κ3) is 5.60. The zero-order valence-corrected chi connectivity index (χ0v) is 19.8. The number of carbonyl (C=O) groups excluding carboxylic acids is 1. The summed E-state index contributed by atoms with van der Waals surface area (Å²) in [6.45, 7) is 8.44. The maximum absolute atomic E-state index is 12.9. The van der Waals surface area contributed by atoms with Gasteiger partial charge in [0.15, 0.2) is 23.0 Å². The Balaban J connectivity index is 1.42. The van der Waals surface area contributed by atoms with E-state index in [-0.39, 0.29) is 11.3 Å². The molecule has 2 aromatic carbocycles. The number of hydrogen-bond donors (Lipinski definition) is 1. The van der Waals surface area contributed by atoms with Crippen LogP contribution in [-0.4, -0.2) is 37.3 Å². The summed E-state index contributed by atoms with van der Waals surface area (Å²) < 4.78 is 23.0. The molecule has 7 heteroatoms. The number of rotatable bonds is 9. The Morgan fingerprint density at radius 1 is 1.03 bits per heavy atom. The molecule has 0 atom stereocenters. The lowest BCUT2D eigenvalue weighted by molar-refractivity contribution is 0.0945. The van der Waals surface area contributed by atoms with Crippen LogP contribution in [0.1, 0.15) is 42.3 Å². The van der Waals surface area contributed by atoms with E-state index in [0.29, 0.717) is 50.0 Å². The first-order valence-electron chi connectivity index (χ1n) is 11.4. The third-order valence-corrected chi connectivity index (χ3v) is 5.64. The molecule has 1 aliphatic heterocycles. The van der Waals surface area contributed by atoms with Crippen LogP contribution >= 0.6 is 0 Å². The standard InChI is InChI=1S/C27H30N2O5/c1-4-31-24-14-20(7-9-23(24)34-17-19-6-5-11-28-16-19)26(30)29-18-27(2,3)21-8-10-22-25(15-21)33-13-12-32-22/h5-11,14-16H,4,12-13,17-18H2,1-3H3,(H,29,30). The number of aromatic nitrogens is 1. The van der Waals surface area contributed by atoms with Gasteiger partial charge in [0.2, 0.25) is 0 Å². The molecular formula is C27H30N2O5. The van der Waals surface area contributed by atoms with Crippen LogP contribution in [0.2, 0.25) is 0 Å². The molecule has 2 heterocycles. The van der Waals surface area contributed by atoms with Crippen molar-refractivity contribution in [2.24, 2.45) is 0 Å². The van der Waals surface area contributed by atoms with Gasteiger partial charge in [0.1, 0.15) is 19.8 Å². The normalized spacial score (nSPS) is 12.7. The molecule has 7 nitrogen and oxygen atoms in total. The lowest BCUT2D eigenvalue weighted by Crippen LogP contribution is -2.36. The van der Waals surface area contributed by atoms with Gasteiger partial charge in [-0.05, 0) is 48.9 Å². The summed E-state index contributed by atoms with van der Waals surface area (Å²) in [6, 6.07) is 15.0. The minimum atomic E-state index is -0.305. The molecule has 0 bridgehead atoms. The van der Waals surface area contributed by atoms with Gasteiger partial charge in [0, 0.05) is 35.5 Å². The first-order chi connectivity index (χ1) is 16.5. The molecule has 1 aromatic heterocycles. The largest absolute Gasteiger partial charge is 0.490 e. The summed E-state index contributed by atoms with van der Waals surface area (Å²) >= 11 is 0. The average molecular weight is 463 g/mol. The summed E-state index contributed by atoms with van der Waals surface area (Å²) in [4.78, 5) is 17.0. The van der Waals surface area contributed by atoms with E-state index in [1.807, 2.05) is 37.3 Å². The van der Waals surface area contributed by atoms with E-state index < -0.39 is 0 Å². The number of nitrogens with one attached hydrogen (secondary N) is 1. The van der Waals surface area contributed by atoms with Gasteiger partial charge >= 0.3 is 0 Å². The van der Waals surface area contributed by atoms with Gasteiger partial charge in [-0.25, -0.2) is 0 Å². The Labute approximate surface area is 200 Å². The van der Waals surface area contributed by atoms with Gasteiger partial charge in [-0.1, -0.05) is 26.0 Å². The highest BCUT2D eigenvalue weighted by atomic mass is 16.6. The highest BCUT2D eigenvalue weighted by molar-refractivity contribution is 5.95. The molecule has 0 fully saturated rings. The topological polar surface area (TPSA) is 78.9 Å². The summed E-state index contributed by atoms with van der Waals surface area (Å²) in [5.74, 6) is 2.44. The predicted molar refractivity (Wildman–Crippen MR) is 129 cm³/mol. The number of benzene rings is 2. The molecule has 34 heavy (non-hydrogen) atoms. The van der Waals surface area contributed by atoms with E-state index in [1.54, 1.807) is 30.6 Å². The van der Waals surface area contributed by atoms with E-state index >= 15 is 0 Å².